The second kappa shape index (κ2) is 6.16. The van der Waals surface area contributed by atoms with E-state index in [1.807, 2.05) is 6.92 Å². The van der Waals surface area contributed by atoms with Crippen LogP contribution in [0.2, 0.25) is 0 Å². The number of nitrogens with zero attached hydrogens (tertiary/aromatic N) is 2. The van der Waals surface area contributed by atoms with Gasteiger partial charge in [-0.05, 0) is 44.6 Å². The molecule has 4 nitrogen and oxygen atoms in total. The van der Waals surface area contributed by atoms with E-state index in [1.165, 1.54) is 22.2 Å². The summed E-state index contributed by atoms with van der Waals surface area (Å²) >= 11 is 3.03. The van der Waals surface area contributed by atoms with Crippen LogP contribution < -0.4 is 5.56 Å². The van der Waals surface area contributed by atoms with Crippen molar-refractivity contribution in [2.45, 2.75) is 51.7 Å². The van der Waals surface area contributed by atoms with Gasteiger partial charge in [0.15, 0.2) is 5.16 Å². The molecule has 0 aromatic carbocycles. The highest BCUT2D eigenvalue weighted by Gasteiger charge is 2.24. The molecule has 0 saturated carbocycles. The summed E-state index contributed by atoms with van der Waals surface area (Å²) in [5.74, 6) is 1.14. The summed E-state index contributed by atoms with van der Waals surface area (Å²) in [7, 11) is 0. The third kappa shape index (κ3) is 2.74. The Morgan fingerprint density at radius 1 is 1.50 bits per heavy atom. The summed E-state index contributed by atoms with van der Waals surface area (Å²) in [4.78, 5) is 31.0. The van der Waals surface area contributed by atoms with Gasteiger partial charge in [-0.3, -0.25) is 14.2 Å². The maximum atomic E-state index is 12.9. The van der Waals surface area contributed by atoms with Crippen molar-refractivity contribution in [2.24, 2.45) is 5.92 Å². The molecule has 0 spiro atoms. The fourth-order valence-electron chi connectivity index (χ4n) is 2.96. The molecule has 1 atom stereocenters. The fraction of sp³-hybridized carbons (Fsp3) is 0.562. The maximum Gasteiger partial charge on any atom is 0.263 e. The maximum absolute atomic E-state index is 12.9. The van der Waals surface area contributed by atoms with Crippen molar-refractivity contribution in [3.05, 3.63) is 20.8 Å². The Labute approximate surface area is 137 Å². The largest absolute Gasteiger partial charge is 0.299 e. The quantitative estimate of drug-likeness (QED) is 0.635. The molecule has 1 aliphatic rings. The predicted octanol–water partition coefficient (Wildman–Crippen LogP) is 3.28. The SMILES string of the molecule is CCn1c(SCC(C)=O)nc2sc3c(c2c1=O)CC[C@H](C)C3. The lowest BCUT2D eigenvalue weighted by Gasteiger charge is -2.17. The molecular formula is C16H20N2O2S2. The van der Waals surface area contributed by atoms with E-state index >= 15 is 0 Å². The molecule has 118 valence electrons. The Balaban J connectivity index is 2.15. The molecular weight excluding hydrogens is 316 g/mol. The van der Waals surface area contributed by atoms with Gasteiger partial charge in [-0.25, -0.2) is 4.98 Å². The summed E-state index contributed by atoms with van der Waals surface area (Å²) in [6, 6.07) is 0. The molecule has 0 N–H and O–H groups in total. The zero-order valence-electron chi connectivity index (χ0n) is 13.1. The summed E-state index contributed by atoms with van der Waals surface area (Å²) in [6.07, 6.45) is 3.18. The molecule has 2 heterocycles. The zero-order valence-corrected chi connectivity index (χ0v) is 14.8. The fourth-order valence-corrected chi connectivity index (χ4v) is 5.25. The van der Waals surface area contributed by atoms with Crippen LogP contribution in [0.15, 0.2) is 9.95 Å². The molecule has 0 fully saturated rings. The van der Waals surface area contributed by atoms with Gasteiger partial charge in [-0.1, -0.05) is 18.7 Å². The number of aromatic nitrogens is 2. The number of carbonyl (C=O) groups excluding carboxylic acids is 1. The van der Waals surface area contributed by atoms with Crippen molar-refractivity contribution in [3.8, 4) is 0 Å². The highest BCUT2D eigenvalue weighted by atomic mass is 32.2. The standard InChI is InChI=1S/C16H20N2O2S2/c1-4-18-15(20)13-11-6-5-9(2)7-12(11)22-14(13)17-16(18)21-8-10(3)19/h9H,4-8H2,1-3H3/t9-/m0/s1. The summed E-state index contributed by atoms with van der Waals surface area (Å²) in [6.45, 7) is 6.36. The molecule has 2 aromatic heterocycles. The van der Waals surface area contributed by atoms with Gasteiger partial charge in [-0.15, -0.1) is 11.3 Å². The molecule has 0 amide bonds. The highest BCUT2D eigenvalue weighted by molar-refractivity contribution is 7.99. The Hall–Kier alpha value is -1.14. The second-order valence-electron chi connectivity index (χ2n) is 5.97. The minimum Gasteiger partial charge on any atom is -0.299 e. The van der Waals surface area contributed by atoms with Gasteiger partial charge in [-0.2, -0.15) is 0 Å². The molecule has 0 saturated heterocycles. The zero-order chi connectivity index (χ0) is 15.9. The predicted molar refractivity (Wildman–Crippen MR) is 92.1 cm³/mol. The number of carbonyl (C=O) groups is 1. The van der Waals surface area contributed by atoms with Crippen LogP contribution in [0.3, 0.4) is 0 Å². The number of Topliss-reactive ketones (excluding diaryl/α,β-unsaturated/α-hetero) is 1. The van der Waals surface area contributed by atoms with Crippen LogP contribution in [0.1, 0.15) is 37.6 Å². The number of ketones is 1. The average Bonchev–Trinajstić information content (AvgIpc) is 2.82. The molecule has 3 rings (SSSR count). The number of thiophene rings is 1. The first-order chi connectivity index (χ1) is 10.5. The van der Waals surface area contributed by atoms with E-state index < -0.39 is 0 Å². The van der Waals surface area contributed by atoms with Crippen LogP contribution in [0.25, 0.3) is 10.2 Å². The average molecular weight is 336 g/mol. The number of hydrogen-bond donors (Lipinski definition) is 0. The Morgan fingerprint density at radius 2 is 2.27 bits per heavy atom. The van der Waals surface area contributed by atoms with Gasteiger partial charge >= 0.3 is 0 Å². The lowest BCUT2D eigenvalue weighted by atomic mass is 9.89. The summed E-state index contributed by atoms with van der Waals surface area (Å²) in [5, 5.41) is 1.49. The van der Waals surface area contributed by atoms with Gasteiger partial charge in [0, 0.05) is 11.4 Å². The number of aryl methyl sites for hydroxylation is 1. The molecule has 1 aliphatic carbocycles. The van der Waals surface area contributed by atoms with Gasteiger partial charge < -0.3 is 0 Å². The highest BCUT2D eigenvalue weighted by Crippen LogP contribution is 2.36. The first kappa shape index (κ1) is 15.7. The van der Waals surface area contributed by atoms with Crippen LogP contribution in [-0.2, 0) is 24.2 Å². The van der Waals surface area contributed by atoms with Crippen molar-refractivity contribution in [1.82, 2.24) is 9.55 Å². The lowest BCUT2D eigenvalue weighted by molar-refractivity contribution is -0.114. The van der Waals surface area contributed by atoms with E-state index in [9.17, 15) is 9.59 Å². The molecule has 6 heteroatoms. The van der Waals surface area contributed by atoms with Crippen molar-refractivity contribution >= 4 is 39.1 Å². The molecule has 0 aliphatic heterocycles. The van der Waals surface area contributed by atoms with E-state index in [2.05, 4.69) is 6.92 Å². The van der Waals surface area contributed by atoms with Crippen molar-refractivity contribution < 1.29 is 4.79 Å². The van der Waals surface area contributed by atoms with Gasteiger partial charge in [0.05, 0.1) is 11.1 Å². The van der Waals surface area contributed by atoms with Gasteiger partial charge in [0.2, 0.25) is 0 Å². The van der Waals surface area contributed by atoms with Crippen molar-refractivity contribution in [3.63, 3.8) is 0 Å². The summed E-state index contributed by atoms with van der Waals surface area (Å²) in [5.41, 5.74) is 1.28. The third-order valence-corrected chi connectivity index (χ3v) is 6.37. The molecule has 0 bridgehead atoms. The van der Waals surface area contributed by atoms with Gasteiger partial charge in [0.1, 0.15) is 10.6 Å². The van der Waals surface area contributed by atoms with Crippen LogP contribution >= 0.6 is 23.1 Å². The lowest BCUT2D eigenvalue weighted by Crippen LogP contribution is -2.23. The van der Waals surface area contributed by atoms with Crippen LogP contribution in [0.5, 0.6) is 0 Å². The first-order valence-electron chi connectivity index (χ1n) is 7.68. The number of hydrogen-bond acceptors (Lipinski definition) is 5. The number of fused-ring (bicyclic) bond motifs is 3. The minimum atomic E-state index is 0.0607. The Bertz CT molecular complexity index is 792. The van der Waals surface area contributed by atoms with E-state index in [-0.39, 0.29) is 11.3 Å². The molecule has 0 radical (unpaired) electrons. The molecule has 2 aromatic rings. The monoisotopic (exact) mass is 336 g/mol. The Kier molecular flexibility index (Phi) is 4.41. The topological polar surface area (TPSA) is 52.0 Å². The third-order valence-electron chi connectivity index (χ3n) is 4.10. The van der Waals surface area contributed by atoms with Crippen molar-refractivity contribution in [2.75, 3.05) is 5.75 Å². The van der Waals surface area contributed by atoms with E-state index in [0.29, 0.717) is 23.4 Å². The number of thioether (sulfide) groups is 1. The second-order valence-corrected chi connectivity index (χ2v) is 7.99. The van der Waals surface area contributed by atoms with E-state index in [0.717, 1.165) is 29.5 Å². The molecule has 0 unspecified atom stereocenters. The van der Waals surface area contributed by atoms with E-state index in [1.54, 1.807) is 22.8 Å². The van der Waals surface area contributed by atoms with E-state index in [4.69, 9.17) is 4.98 Å². The molecule has 22 heavy (non-hydrogen) atoms. The first-order valence-corrected chi connectivity index (χ1v) is 9.48. The minimum absolute atomic E-state index is 0.0607. The van der Waals surface area contributed by atoms with Crippen molar-refractivity contribution in [1.29, 1.82) is 0 Å². The number of rotatable bonds is 4. The Morgan fingerprint density at radius 3 is 2.95 bits per heavy atom. The normalized spacial score (nSPS) is 17.7. The van der Waals surface area contributed by atoms with Crippen LogP contribution in [0, 0.1) is 5.92 Å². The smallest absolute Gasteiger partial charge is 0.263 e. The summed E-state index contributed by atoms with van der Waals surface area (Å²) < 4.78 is 1.71. The van der Waals surface area contributed by atoms with Gasteiger partial charge in [0.25, 0.3) is 5.56 Å². The van der Waals surface area contributed by atoms with Crippen LogP contribution in [0.4, 0.5) is 0 Å². The van der Waals surface area contributed by atoms with Crippen LogP contribution in [-0.4, -0.2) is 21.1 Å².